The molecule has 2 heterocycles. The monoisotopic (exact) mass is 921 g/mol. The summed E-state index contributed by atoms with van der Waals surface area (Å²) in [6, 6.07) is 11.6. The molecule has 0 spiro atoms. The van der Waals surface area contributed by atoms with Crippen LogP contribution in [0.1, 0.15) is 159 Å². The van der Waals surface area contributed by atoms with E-state index < -0.39 is 17.8 Å². The summed E-state index contributed by atoms with van der Waals surface area (Å²) in [5.74, 6) is 0.721. The average Bonchev–Trinajstić information content (AvgIpc) is 3.31. The summed E-state index contributed by atoms with van der Waals surface area (Å²) in [4.78, 5) is 61.4. The Labute approximate surface area is 394 Å². The van der Waals surface area contributed by atoms with Crippen LogP contribution in [0, 0.1) is 0 Å². The number of rotatable bonds is 20. The molecule has 2 unspecified atom stereocenters. The highest BCUT2D eigenvalue weighted by atomic mass is 16.6. The third kappa shape index (κ3) is 12.6. The number of nitrogens with zero attached hydrogens (tertiary/aromatic N) is 4. The minimum absolute atomic E-state index is 0.00280. The van der Waals surface area contributed by atoms with Crippen molar-refractivity contribution in [2.45, 2.75) is 174 Å². The zero-order valence-corrected chi connectivity index (χ0v) is 41.5. The maximum Gasteiger partial charge on any atom is 0.273 e. The van der Waals surface area contributed by atoms with Crippen molar-refractivity contribution in [1.29, 1.82) is 0 Å². The Bertz CT molecular complexity index is 1910. The summed E-state index contributed by atoms with van der Waals surface area (Å²) in [5, 5.41) is 9.84. The number of ether oxygens (including phenoxy) is 5. The molecule has 2 fully saturated rings. The molecule has 0 radical (unpaired) electrons. The Balaban J connectivity index is 0.000000248. The van der Waals surface area contributed by atoms with Gasteiger partial charge in [-0.25, -0.2) is 0 Å². The second kappa shape index (κ2) is 24.7. The molecule has 1 N–H and O–H groups in total. The summed E-state index contributed by atoms with van der Waals surface area (Å²) in [5.41, 5.74) is -0.00182. The number of anilines is 2. The van der Waals surface area contributed by atoms with Crippen LogP contribution in [0.5, 0.6) is 11.5 Å². The first-order chi connectivity index (χ1) is 31.6. The van der Waals surface area contributed by atoms with Crippen LogP contribution in [-0.2, 0) is 23.8 Å². The van der Waals surface area contributed by atoms with E-state index in [1.807, 2.05) is 34.9 Å². The fraction of sp³-hybridized carbons (Fsp3) is 0.692. The topological polar surface area (TPSA) is 148 Å². The minimum atomic E-state index is -1.33. The van der Waals surface area contributed by atoms with Gasteiger partial charge in [-0.2, -0.15) is 0 Å². The number of amides is 4. The van der Waals surface area contributed by atoms with E-state index in [1.54, 1.807) is 56.1 Å². The predicted octanol–water partition coefficient (Wildman–Crippen LogP) is 8.59. The van der Waals surface area contributed by atoms with Crippen molar-refractivity contribution in [3.63, 3.8) is 0 Å². The first kappa shape index (κ1) is 52.7. The molecule has 6 rings (SSSR count). The van der Waals surface area contributed by atoms with Crippen LogP contribution >= 0.6 is 0 Å². The van der Waals surface area contributed by atoms with Gasteiger partial charge in [0.05, 0.1) is 24.6 Å². The zero-order valence-electron chi connectivity index (χ0n) is 41.5. The van der Waals surface area contributed by atoms with E-state index in [9.17, 15) is 24.3 Å². The highest BCUT2D eigenvalue weighted by molar-refractivity contribution is 6.06. The Kier molecular flexibility index (Phi) is 19.7. The lowest BCUT2D eigenvalue weighted by molar-refractivity contribution is -0.139. The Morgan fingerprint density at radius 3 is 1.47 bits per heavy atom. The molecular weight excluding hydrogens is 841 g/mol. The summed E-state index contributed by atoms with van der Waals surface area (Å²) in [6.45, 7) is 16.1. The first-order valence-corrected chi connectivity index (χ1v) is 24.8. The molecule has 0 bridgehead atoms. The second-order valence-electron chi connectivity index (χ2n) is 19.3. The molecule has 66 heavy (non-hydrogen) atoms. The zero-order chi connectivity index (χ0) is 48.0. The fourth-order valence-corrected chi connectivity index (χ4v) is 9.88. The van der Waals surface area contributed by atoms with Crippen molar-refractivity contribution >= 4 is 35.0 Å². The van der Waals surface area contributed by atoms with Gasteiger partial charge in [0.2, 0.25) is 11.2 Å². The number of unbranched alkanes of at least 4 members (excludes halogenated alkanes) is 2. The van der Waals surface area contributed by atoms with E-state index >= 15 is 0 Å². The largest absolute Gasteiger partial charge is 0.473 e. The van der Waals surface area contributed by atoms with Crippen LogP contribution in [0.15, 0.2) is 36.4 Å². The molecule has 2 aliphatic carbocycles. The molecule has 14 nitrogen and oxygen atoms in total. The summed E-state index contributed by atoms with van der Waals surface area (Å²) in [7, 11) is 3.34. The molecule has 2 saturated carbocycles. The van der Waals surface area contributed by atoms with E-state index in [0.29, 0.717) is 66.9 Å². The number of carbonyl (C=O) groups excluding carboxylic acids is 4. The smallest absolute Gasteiger partial charge is 0.273 e. The van der Waals surface area contributed by atoms with E-state index in [0.717, 1.165) is 64.2 Å². The van der Waals surface area contributed by atoms with Crippen LogP contribution < -0.4 is 19.3 Å². The van der Waals surface area contributed by atoms with Gasteiger partial charge >= 0.3 is 0 Å². The number of fused-ring (bicyclic) bond motifs is 2. The van der Waals surface area contributed by atoms with Crippen LogP contribution in [0.3, 0.4) is 0 Å². The van der Waals surface area contributed by atoms with Crippen LogP contribution in [0.4, 0.5) is 11.4 Å². The lowest BCUT2D eigenvalue weighted by Crippen LogP contribution is -2.57. The van der Waals surface area contributed by atoms with Crippen molar-refractivity contribution in [2.75, 3.05) is 70.1 Å². The Morgan fingerprint density at radius 2 is 1.09 bits per heavy atom. The van der Waals surface area contributed by atoms with Crippen LogP contribution in [0.2, 0.25) is 0 Å². The normalized spacial score (nSPS) is 21.2. The van der Waals surface area contributed by atoms with Gasteiger partial charge in [0.1, 0.15) is 11.5 Å². The van der Waals surface area contributed by atoms with Crippen LogP contribution in [0.25, 0.3) is 0 Å². The summed E-state index contributed by atoms with van der Waals surface area (Å²) >= 11 is 0. The Hall–Kier alpha value is -4.24. The second-order valence-corrected chi connectivity index (χ2v) is 19.3. The lowest BCUT2D eigenvalue weighted by Gasteiger charge is -2.41. The summed E-state index contributed by atoms with van der Waals surface area (Å²) < 4.78 is 28.0. The SMILES string of the molecule is CCOCC1(C)Oc2ccc(C(=O)N(C(C)C)C3CCCCC3)cc2N(CCCCOC)C1=O.COCCCCN1C(=O)C(C)(CO)Oc2ccc(C(=O)N(C(C)C)C3CCCCC3)cc21. The standard InChI is InChI=1S/C27H42N2O5.C25H38N2O5/c1-6-33-19-27(4)26(31)28(16-10-11-17-32-5)23-18-21(14-15-24(23)34-27)25(30)29(20(2)3)22-12-8-7-9-13-22;1-18(2)27(20-10-6-5-7-11-20)23(29)19-12-13-22-21(16-19)26(14-8-9-15-31-4)24(30)25(3,17-28)32-22/h14-15,18,20,22H,6-13,16-17,19H2,1-5H3;12-13,16,18,20,28H,5-11,14-15,17H2,1-4H3. The number of methoxy groups -OCH3 is 2. The van der Waals surface area contributed by atoms with Gasteiger partial charge in [-0.15, -0.1) is 0 Å². The first-order valence-electron chi connectivity index (χ1n) is 24.8. The van der Waals surface area contributed by atoms with Crippen molar-refractivity contribution in [1.82, 2.24) is 9.80 Å². The van der Waals surface area contributed by atoms with E-state index in [2.05, 4.69) is 27.7 Å². The van der Waals surface area contributed by atoms with E-state index in [-0.39, 0.29) is 54.4 Å². The molecule has 2 aromatic rings. The third-order valence-electron chi connectivity index (χ3n) is 13.4. The van der Waals surface area contributed by atoms with E-state index in [1.165, 1.54) is 25.7 Å². The van der Waals surface area contributed by atoms with Gasteiger partial charge in [-0.05, 0) is 136 Å². The van der Waals surface area contributed by atoms with Gasteiger partial charge in [0, 0.05) is 82.4 Å². The predicted molar refractivity (Wildman–Crippen MR) is 258 cm³/mol. The number of hydrogen-bond donors (Lipinski definition) is 1. The molecule has 4 amide bonds. The third-order valence-corrected chi connectivity index (χ3v) is 13.4. The van der Waals surface area contributed by atoms with Crippen molar-refractivity contribution in [3.05, 3.63) is 47.5 Å². The van der Waals surface area contributed by atoms with E-state index in [4.69, 9.17) is 23.7 Å². The number of benzene rings is 2. The van der Waals surface area contributed by atoms with Gasteiger partial charge in [0.15, 0.2) is 0 Å². The molecule has 4 aliphatic rings. The highest BCUT2D eigenvalue weighted by Crippen LogP contribution is 2.41. The fourth-order valence-electron chi connectivity index (χ4n) is 9.88. The molecule has 14 heteroatoms. The lowest BCUT2D eigenvalue weighted by atomic mass is 9.92. The molecule has 2 aliphatic heterocycles. The molecule has 368 valence electrons. The number of aliphatic hydroxyl groups excluding tert-OH is 1. The molecule has 2 aromatic carbocycles. The van der Waals surface area contributed by atoms with Gasteiger partial charge < -0.3 is 48.4 Å². The quantitative estimate of drug-likeness (QED) is 0.128. The van der Waals surface area contributed by atoms with Crippen molar-refractivity contribution < 1.29 is 48.0 Å². The molecule has 0 aromatic heterocycles. The Morgan fingerprint density at radius 1 is 0.682 bits per heavy atom. The number of carbonyl (C=O) groups is 4. The van der Waals surface area contributed by atoms with Gasteiger partial charge in [-0.3, -0.25) is 19.2 Å². The van der Waals surface area contributed by atoms with Crippen LogP contribution in [-0.4, -0.2) is 134 Å². The maximum absolute atomic E-state index is 13.7. The number of hydrogen-bond acceptors (Lipinski definition) is 10. The number of aliphatic hydroxyl groups is 1. The van der Waals surface area contributed by atoms with Crippen molar-refractivity contribution in [3.8, 4) is 11.5 Å². The van der Waals surface area contributed by atoms with Gasteiger partial charge in [0.25, 0.3) is 23.6 Å². The maximum atomic E-state index is 13.7. The highest BCUT2D eigenvalue weighted by Gasteiger charge is 2.46. The molecule has 2 atom stereocenters. The van der Waals surface area contributed by atoms with Gasteiger partial charge in [-0.1, -0.05) is 38.5 Å². The molecule has 0 saturated heterocycles. The average molecular weight is 921 g/mol. The summed E-state index contributed by atoms with van der Waals surface area (Å²) in [6.07, 6.45) is 14.5. The molecular formula is C52H80N4O10. The van der Waals surface area contributed by atoms with Crippen molar-refractivity contribution in [2.24, 2.45) is 0 Å². The minimum Gasteiger partial charge on any atom is -0.473 e.